The van der Waals surface area contributed by atoms with Gasteiger partial charge in [-0.2, -0.15) is 0 Å². The van der Waals surface area contributed by atoms with Gasteiger partial charge in [-0.15, -0.1) is 0 Å². The minimum Gasteiger partial charge on any atom is -0.350 e. The predicted octanol–water partition coefficient (Wildman–Crippen LogP) is 3.20. The molecule has 0 aliphatic carbocycles. The first kappa shape index (κ1) is 17.6. The van der Waals surface area contributed by atoms with Gasteiger partial charge in [0.1, 0.15) is 12.6 Å². The number of nitrogens with zero attached hydrogens (tertiary/aromatic N) is 1. The average Bonchev–Trinajstić information content (AvgIpc) is 3.31. The summed E-state index contributed by atoms with van der Waals surface area (Å²) >= 11 is 0. The summed E-state index contributed by atoms with van der Waals surface area (Å²) in [5.74, 6) is -0.0667. The van der Waals surface area contributed by atoms with Gasteiger partial charge in [0, 0.05) is 42.9 Å². The van der Waals surface area contributed by atoms with Crippen LogP contribution in [0.2, 0.25) is 0 Å². The Morgan fingerprint density at radius 2 is 1.85 bits per heavy atom. The molecule has 27 heavy (non-hydrogen) atoms. The summed E-state index contributed by atoms with van der Waals surface area (Å²) in [5.41, 5.74) is 4.21. The monoisotopic (exact) mass is 360 g/mol. The molecule has 0 spiro atoms. The van der Waals surface area contributed by atoms with Crippen molar-refractivity contribution in [2.45, 2.75) is 25.4 Å². The van der Waals surface area contributed by atoms with E-state index in [9.17, 15) is 4.79 Å². The van der Waals surface area contributed by atoms with Crippen LogP contribution in [-0.2, 0) is 13.6 Å². The Balaban J connectivity index is 1.42. The zero-order valence-corrected chi connectivity index (χ0v) is 15.7. The number of aromatic nitrogens is 1. The van der Waals surface area contributed by atoms with E-state index in [2.05, 4.69) is 47.4 Å². The summed E-state index contributed by atoms with van der Waals surface area (Å²) in [6.07, 6.45) is 4.64. The second-order valence-electron chi connectivity index (χ2n) is 7.34. The molecule has 1 saturated heterocycles. The quantitative estimate of drug-likeness (QED) is 0.721. The van der Waals surface area contributed by atoms with Crippen molar-refractivity contribution in [1.29, 1.82) is 0 Å². The summed E-state index contributed by atoms with van der Waals surface area (Å²) in [5, 5.41) is 2.94. The van der Waals surface area contributed by atoms with Crippen molar-refractivity contribution in [2.24, 2.45) is 7.05 Å². The first-order valence-corrected chi connectivity index (χ1v) is 9.62. The first-order valence-electron chi connectivity index (χ1n) is 9.62. The van der Waals surface area contributed by atoms with Crippen molar-refractivity contribution in [3.63, 3.8) is 0 Å². The maximum Gasteiger partial charge on any atom is 0.255 e. The molecule has 2 heterocycles. The average molecular weight is 360 g/mol. The number of benzene rings is 2. The van der Waals surface area contributed by atoms with Gasteiger partial charge < -0.3 is 14.8 Å². The summed E-state index contributed by atoms with van der Waals surface area (Å²) in [4.78, 5) is 14.0. The lowest BCUT2D eigenvalue weighted by Crippen LogP contribution is -3.09. The third-order valence-electron chi connectivity index (χ3n) is 5.50. The van der Waals surface area contributed by atoms with Crippen LogP contribution in [0.25, 0.3) is 0 Å². The largest absolute Gasteiger partial charge is 0.350 e. The Labute approximate surface area is 160 Å². The van der Waals surface area contributed by atoms with E-state index in [1.54, 1.807) is 4.90 Å². The second-order valence-corrected chi connectivity index (χ2v) is 7.34. The molecule has 1 aromatic heterocycles. The van der Waals surface area contributed by atoms with Gasteiger partial charge in [-0.25, -0.2) is 0 Å². The fraction of sp³-hybridized carbons (Fsp3) is 0.261. The highest BCUT2D eigenvalue weighted by Crippen LogP contribution is 2.20. The number of aryl methyl sites for hydroxylation is 1. The second kappa shape index (κ2) is 7.80. The number of quaternary nitrogens is 1. The number of carbonyl (C=O) groups is 1. The molecule has 1 fully saturated rings. The minimum absolute atomic E-state index is 0.0667. The molecular weight excluding hydrogens is 334 g/mol. The van der Waals surface area contributed by atoms with Crippen LogP contribution in [0.3, 0.4) is 0 Å². The van der Waals surface area contributed by atoms with Crippen LogP contribution in [0.15, 0.2) is 72.9 Å². The summed E-state index contributed by atoms with van der Waals surface area (Å²) in [7, 11) is 2.13. The van der Waals surface area contributed by atoms with Gasteiger partial charge in [0.25, 0.3) is 5.91 Å². The molecule has 2 atom stereocenters. The molecule has 1 aliphatic rings. The smallest absolute Gasteiger partial charge is 0.255 e. The number of anilines is 1. The van der Waals surface area contributed by atoms with Gasteiger partial charge in [0.15, 0.2) is 0 Å². The van der Waals surface area contributed by atoms with Gasteiger partial charge in [-0.3, -0.25) is 4.79 Å². The minimum atomic E-state index is -0.0667. The van der Waals surface area contributed by atoms with Gasteiger partial charge in [0.05, 0.1) is 12.2 Å². The fourth-order valence-corrected chi connectivity index (χ4v) is 4.08. The van der Waals surface area contributed by atoms with Crippen LogP contribution in [0.1, 0.15) is 40.5 Å². The van der Waals surface area contributed by atoms with Gasteiger partial charge in [0.2, 0.25) is 0 Å². The van der Waals surface area contributed by atoms with Crippen molar-refractivity contribution in [1.82, 2.24) is 4.57 Å². The van der Waals surface area contributed by atoms with Gasteiger partial charge in [-0.1, -0.05) is 30.3 Å². The Morgan fingerprint density at radius 3 is 2.56 bits per heavy atom. The molecule has 2 N–H and O–H groups in total. The van der Waals surface area contributed by atoms with Crippen molar-refractivity contribution in [3.8, 4) is 0 Å². The van der Waals surface area contributed by atoms with Crippen molar-refractivity contribution in [2.75, 3.05) is 11.9 Å². The summed E-state index contributed by atoms with van der Waals surface area (Å²) in [6, 6.07) is 22.5. The van der Waals surface area contributed by atoms with E-state index in [0.29, 0.717) is 11.6 Å². The number of hydrogen-bond acceptors (Lipinski definition) is 1. The Bertz CT molecular complexity index is 899. The maximum absolute atomic E-state index is 12.4. The van der Waals surface area contributed by atoms with E-state index < -0.39 is 0 Å². The SMILES string of the molecule is Cn1cccc1[C@H]1CCC[NH+]1Cc1ccc(C(=O)Nc2ccccc2)cc1. The number of hydrogen-bond donors (Lipinski definition) is 2. The van der Waals surface area contributed by atoms with E-state index >= 15 is 0 Å². The topological polar surface area (TPSA) is 38.5 Å². The number of nitrogens with one attached hydrogen (secondary N) is 2. The van der Waals surface area contributed by atoms with Crippen LogP contribution in [-0.4, -0.2) is 17.0 Å². The predicted molar refractivity (Wildman–Crippen MR) is 108 cm³/mol. The van der Waals surface area contributed by atoms with Crippen LogP contribution in [0.4, 0.5) is 5.69 Å². The van der Waals surface area contributed by atoms with Crippen LogP contribution < -0.4 is 10.2 Å². The molecule has 1 amide bonds. The van der Waals surface area contributed by atoms with Crippen molar-refractivity contribution < 1.29 is 9.69 Å². The number of likely N-dealkylation sites (tertiary alicyclic amines) is 1. The first-order chi connectivity index (χ1) is 13.2. The van der Waals surface area contributed by atoms with Crippen LogP contribution in [0, 0.1) is 0 Å². The highest BCUT2D eigenvalue weighted by atomic mass is 16.1. The highest BCUT2D eigenvalue weighted by molar-refractivity contribution is 6.04. The lowest BCUT2D eigenvalue weighted by Gasteiger charge is -2.22. The van der Waals surface area contributed by atoms with E-state index in [4.69, 9.17) is 0 Å². The van der Waals surface area contributed by atoms with Crippen LogP contribution >= 0.6 is 0 Å². The third kappa shape index (κ3) is 3.96. The zero-order valence-electron chi connectivity index (χ0n) is 15.7. The molecule has 0 saturated carbocycles. The number of para-hydroxylation sites is 1. The fourth-order valence-electron chi connectivity index (χ4n) is 4.08. The molecule has 1 unspecified atom stereocenters. The van der Waals surface area contributed by atoms with E-state index in [1.165, 1.54) is 30.6 Å². The van der Waals surface area contributed by atoms with Gasteiger partial charge >= 0.3 is 0 Å². The van der Waals surface area contributed by atoms with Crippen molar-refractivity contribution >= 4 is 11.6 Å². The molecule has 0 radical (unpaired) electrons. The molecule has 2 aromatic carbocycles. The molecular formula is C23H26N3O+. The zero-order chi connectivity index (χ0) is 18.6. The number of amides is 1. The summed E-state index contributed by atoms with van der Waals surface area (Å²) in [6.45, 7) is 2.20. The molecule has 3 aromatic rings. The third-order valence-corrected chi connectivity index (χ3v) is 5.50. The molecule has 1 aliphatic heterocycles. The lowest BCUT2D eigenvalue weighted by atomic mass is 10.1. The standard InChI is InChI=1S/C23H25N3O/c1-25-15-5-9-21(25)22-10-6-16-26(22)17-18-11-13-19(14-12-18)23(27)24-20-7-3-2-4-8-20/h2-5,7-9,11-15,22H,6,10,16-17H2,1H3,(H,24,27)/p+1/t22-/m1/s1. The number of carbonyl (C=O) groups excluding carboxylic acids is 1. The Kier molecular flexibility index (Phi) is 5.07. The van der Waals surface area contributed by atoms with Gasteiger partial charge in [-0.05, 0) is 36.4 Å². The highest BCUT2D eigenvalue weighted by Gasteiger charge is 2.31. The van der Waals surface area contributed by atoms with E-state index in [-0.39, 0.29) is 5.91 Å². The molecule has 4 nitrogen and oxygen atoms in total. The molecule has 138 valence electrons. The Hall–Kier alpha value is -2.85. The normalized spacial score (nSPS) is 19.1. The molecule has 0 bridgehead atoms. The number of rotatable bonds is 5. The Morgan fingerprint density at radius 1 is 1.07 bits per heavy atom. The molecule has 4 rings (SSSR count). The van der Waals surface area contributed by atoms with Crippen molar-refractivity contribution in [3.05, 3.63) is 89.7 Å². The van der Waals surface area contributed by atoms with E-state index in [1.807, 2.05) is 42.5 Å². The van der Waals surface area contributed by atoms with E-state index in [0.717, 1.165) is 12.2 Å². The van der Waals surface area contributed by atoms with Crippen LogP contribution in [0.5, 0.6) is 0 Å². The maximum atomic E-state index is 12.4. The summed E-state index contributed by atoms with van der Waals surface area (Å²) < 4.78 is 2.24. The molecule has 4 heteroatoms. The lowest BCUT2D eigenvalue weighted by molar-refractivity contribution is -0.932.